The van der Waals surface area contributed by atoms with E-state index in [4.69, 9.17) is 0 Å². The molecule has 0 unspecified atom stereocenters. The highest BCUT2D eigenvalue weighted by Gasteiger charge is 2.38. The number of rotatable bonds is 6. The minimum atomic E-state index is -3.52. The lowest BCUT2D eigenvalue weighted by Crippen LogP contribution is -2.27. The van der Waals surface area contributed by atoms with Gasteiger partial charge in [0, 0.05) is 11.1 Å². The summed E-state index contributed by atoms with van der Waals surface area (Å²) in [6, 6.07) is 14.0. The van der Waals surface area contributed by atoms with Crippen molar-refractivity contribution < 1.29 is 17.6 Å². The molecule has 4 rings (SSSR count). The third-order valence-corrected chi connectivity index (χ3v) is 6.84. The first-order chi connectivity index (χ1) is 14.9. The monoisotopic (exact) mass is 454 g/mol. The zero-order valence-electron chi connectivity index (χ0n) is 18.6. The van der Waals surface area contributed by atoms with Gasteiger partial charge in [0.05, 0.1) is 18.0 Å². The summed E-state index contributed by atoms with van der Waals surface area (Å²) < 4.78 is 39.9. The lowest BCUT2D eigenvalue weighted by Gasteiger charge is -2.18. The molecular formula is C25H27FN2O3S. The lowest BCUT2D eigenvalue weighted by molar-refractivity contribution is 0.0939. The summed E-state index contributed by atoms with van der Waals surface area (Å²) in [5.41, 5.74) is 3.16. The highest BCUT2D eigenvalue weighted by molar-refractivity contribution is 7.92. The maximum absolute atomic E-state index is 14.7. The molecule has 1 amide bonds. The molecule has 0 saturated heterocycles. The fourth-order valence-electron chi connectivity index (χ4n) is 3.94. The van der Waals surface area contributed by atoms with Gasteiger partial charge in [-0.1, -0.05) is 31.2 Å². The van der Waals surface area contributed by atoms with E-state index in [2.05, 4.69) is 29.1 Å². The SMILES string of the molecule is Cc1cc([C@H](C)NC(=O)c2ccc3cc(C4(C)CC4)ccc3c2)c(F)cc1NS(C)(=O)=O. The number of sulfonamides is 1. The molecule has 1 aliphatic rings. The largest absolute Gasteiger partial charge is 0.345 e. The number of anilines is 1. The highest BCUT2D eigenvalue weighted by Crippen LogP contribution is 2.48. The Kier molecular flexibility index (Phi) is 5.49. The Hall–Kier alpha value is -2.93. The van der Waals surface area contributed by atoms with Crippen molar-refractivity contribution in [3.63, 3.8) is 0 Å². The molecule has 0 heterocycles. The molecule has 0 radical (unpaired) electrons. The molecule has 1 saturated carbocycles. The third-order valence-electron chi connectivity index (χ3n) is 6.25. The zero-order chi connectivity index (χ0) is 23.3. The average molecular weight is 455 g/mol. The van der Waals surface area contributed by atoms with E-state index in [1.54, 1.807) is 26.0 Å². The van der Waals surface area contributed by atoms with Crippen molar-refractivity contribution in [1.29, 1.82) is 0 Å². The van der Waals surface area contributed by atoms with Crippen LogP contribution in [0.4, 0.5) is 10.1 Å². The van der Waals surface area contributed by atoms with Crippen molar-refractivity contribution in [2.45, 2.75) is 45.1 Å². The molecule has 1 aliphatic carbocycles. The molecule has 0 bridgehead atoms. The molecule has 168 valence electrons. The molecule has 3 aromatic carbocycles. The standard InChI is InChI=1S/C25H27FN2O3S/c1-15-11-21(22(26)14-23(15)28-32(4,30)31)16(2)27-24(29)19-6-5-18-13-20(25(3)9-10-25)8-7-17(18)12-19/h5-8,11-14,16,28H,9-10H2,1-4H3,(H,27,29)/t16-/m0/s1. The predicted octanol–water partition coefficient (Wildman–Crippen LogP) is 5.20. The van der Waals surface area contributed by atoms with Gasteiger partial charge < -0.3 is 5.32 Å². The van der Waals surface area contributed by atoms with Crippen molar-refractivity contribution in [3.8, 4) is 0 Å². The number of hydrogen-bond acceptors (Lipinski definition) is 3. The van der Waals surface area contributed by atoms with Crippen LogP contribution in [0.2, 0.25) is 0 Å². The summed E-state index contributed by atoms with van der Waals surface area (Å²) in [7, 11) is -3.52. The van der Waals surface area contributed by atoms with Gasteiger partial charge in [-0.25, -0.2) is 12.8 Å². The van der Waals surface area contributed by atoms with E-state index in [-0.39, 0.29) is 22.6 Å². The number of amides is 1. The molecule has 1 fully saturated rings. The van der Waals surface area contributed by atoms with Crippen LogP contribution in [0.25, 0.3) is 10.8 Å². The van der Waals surface area contributed by atoms with Gasteiger partial charge in [-0.2, -0.15) is 0 Å². The van der Waals surface area contributed by atoms with Crippen LogP contribution in [-0.2, 0) is 15.4 Å². The molecule has 1 atom stereocenters. The minimum Gasteiger partial charge on any atom is -0.345 e. The summed E-state index contributed by atoms with van der Waals surface area (Å²) in [4.78, 5) is 12.8. The van der Waals surface area contributed by atoms with Gasteiger partial charge in [0.2, 0.25) is 10.0 Å². The first-order valence-electron chi connectivity index (χ1n) is 10.6. The van der Waals surface area contributed by atoms with E-state index in [9.17, 15) is 17.6 Å². The number of hydrogen-bond donors (Lipinski definition) is 2. The van der Waals surface area contributed by atoms with Crippen LogP contribution in [0.1, 0.15) is 59.8 Å². The number of carbonyl (C=O) groups is 1. The maximum Gasteiger partial charge on any atom is 0.251 e. The van der Waals surface area contributed by atoms with Crippen molar-refractivity contribution >= 4 is 32.4 Å². The average Bonchev–Trinajstić information content (AvgIpc) is 3.47. The van der Waals surface area contributed by atoms with Crippen LogP contribution in [0.5, 0.6) is 0 Å². The van der Waals surface area contributed by atoms with Crippen molar-refractivity contribution in [2.75, 3.05) is 11.0 Å². The molecule has 0 spiro atoms. The number of benzene rings is 3. The Bertz CT molecular complexity index is 1330. The van der Waals surface area contributed by atoms with E-state index in [1.807, 2.05) is 18.2 Å². The topological polar surface area (TPSA) is 75.3 Å². The van der Waals surface area contributed by atoms with Gasteiger partial charge in [-0.3, -0.25) is 9.52 Å². The second kappa shape index (κ2) is 7.89. The summed E-state index contributed by atoms with van der Waals surface area (Å²) in [6.45, 7) is 5.65. The molecule has 3 aromatic rings. The Morgan fingerprint density at radius 1 is 1.06 bits per heavy atom. The Morgan fingerprint density at radius 2 is 1.72 bits per heavy atom. The van der Waals surface area contributed by atoms with Gasteiger partial charge in [0.1, 0.15) is 5.82 Å². The summed E-state index contributed by atoms with van der Waals surface area (Å²) in [5, 5.41) is 4.92. The van der Waals surface area contributed by atoms with Gasteiger partial charge in [0.15, 0.2) is 0 Å². The second-order valence-electron chi connectivity index (χ2n) is 9.10. The second-order valence-corrected chi connectivity index (χ2v) is 10.8. The van der Waals surface area contributed by atoms with Crippen LogP contribution in [0.15, 0.2) is 48.5 Å². The van der Waals surface area contributed by atoms with E-state index < -0.39 is 21.9 Å². The van der Waals surface area contributed by atoms with Crippen LogP contribution in [-0.4, -0.2) is 20.6 Å². The van der Waals surface area contributed by atoms with Crippen LogP contribution >= 0.6 is 0 Å². The summed E-state index contributed by atoms with van der Waals surface area (Å²) in [5.74, 6) is -0.887. The Morgan fingerprint density at radius 3 is 2.38 bits per heavy atom. The number of aryl methyl sites for hydroxylation is 1. The van der Waals surface area contributed by atoms with Crippen molar-refractivity contribution in [1.82, 2.24) is 5.32 Å². The van der Waals surface area contributed by atoms with E-state index in [1.165, 1.54) is 18.4 Å². The smallest absolute Gasteiger partial charge is 0.251 e. The van der Waals surface area contributed by atoms with Crippen LogP contribution in [0, 0.1) is 12.7 Å². The normalized spacial score (nSPS) is 15.9. The fourth-order valence-corrected chi connectivity index (χ4v) is 4.56. The summed E-state index contributed by atoms with van der Waals surface area (Å²) in [6.07, 6.45) is 3.42. The first kappa shape index (κ1) is 22.3. The fraction of sp³-hybridized carbons (Fsp3) is 0.320. The molecule has 0 aromatic heterocycles. The predicted molar refractivity (Wildman–Crippen MR) is 126 cm³/mol. The first-order valence-corrected chi connectivity index (χ1v) is 12.5. The van der Waals surface area contributed by atoms with Gasteiger partial charge >= 0.3 is 0 Å². The number of fused-ring (bicyclic) bond motifs is 1. The Balaban J connectivity index is 1.53. The van der Waals surface area contributed by atoms with Gasteiger partial charge in [0.25, 0.3) is 5.91 Å². The van der Waals surface area contributed by atoms with E-state index in [0.717, 1.165) is 23.1 Å². The number of nitrogens with one attached hydrogen (secondary N) is 2. The van der Waals surface area contributed by atoms with E-state index in [0.29, 0.717) is 11.1 Å². The van der Waals surface area contributed by atoms with Crippen LogP contribution < -0.4 is 10.0 Å². The molecular weight excluding hydrogens is 427 g/mol. The van der Waals surface area contributed by atoms with Crippen LogP contribution in [0.3, 0.4) is 0 Å². The minimum absolute atomic E-state index is 0.182. The molecule has 5 nitrogen and oxygen atoms in total. The maximum atomic E-state index is 14.7. The third kappa shape index (κ3) is 4.63. The lowest BCUT2D eigenvalue weighted by atomic mass is 9.95. The molecule has 7 heteroatoms. The molecule has 32 heavy (non-hydrogen) atoms. The van der Waals surface area contributed by atoms with E-state index >= 15 is 0 Å². The van der Waals surface area contributed by atoms with Gasteiger partial charge in [-0.15, -0.1) is 0 Å². The number of halogens is 1. The van der Waals surface area contributed by atoms with Crippen molar-refractivity contribution in [3.05, 3.63) is 76.6 Å². The number of carbonyl (C=O) groups excluding carboxylic acids is 1. The summed E-state index contributed by atoms with van der Waals surface area (Å²) >= 11 is 0. The molecule has 2 N–H and O–H groups in total. The Labute approximate surface area is 188 Å². The van der Waals surface area contributed by atoms with Crippen molar-refractivity contribution in [2.24, 2.45) is 0 Å². The molecule has 0 aliphatic heterocycles. The highest BCUT2D eigenvalue weighted by atomic mass is 32.2. The zero-order valence-corrected chi connectivity index (χ0v) is 19.4. The quantitative estimate of drug-likeness (QED) is 0.537. The van der Waals surface area contributed by atoms with Gasteiger partial charge in [-0.05, 0) is 78.3 Å².